The maximum atomic E-state index is 14.0. The van der Waals surface area contributed by atoms with Crippen LogP contribution >= 0.6 is 0 Å². The van der Waals surface area contributed by atoms with Gasteiger partial charge in [0.25, 0.3) is 0 Å². The van der Waals surface area contributed by atoms with E-state index in [1.807, 2.05) is 0 Å². The lowest BCUT2D eigenvalue weighted by molar-refractivity contribution is 0.0475. The summed E-state index contributed by atoms with van der Waals surface area (Å²) in [6.45, 7) is 21.9. The fourth-order valence-corrected chi connectivity index (χ4v) is 12.9. The van der Waals surface area contributed by atoms with E-state index in [1.54, 1.807) is 180 Å². The minimum atomic E-state index is -0.945. The summed E-state index contributed by atoms with van der Waals surface area (Å²) < 4.78 is 77.1. The molecule has 0 aromatic heterocycles. The molecule has 0 fully saturated rings. The second-order valence-corrected chi connectivity index (χ2v) is 36.2. The first-order valence-electron chi connectivity index (χ1n) is 46.3. The van der Waals surface area contributed by atoms with Crippen LogP contribution in [0.1, 0.15) is 341 Å². The van der Waals surface area contributed by atoms with Gasteiger partial charge in [-0.2, -0.15) is 0 Å². The summed E-state index contributed by atoms with van der Waals surface area (Å²) >= 11 is 0. The summed E-state index contributed by atoms with van der Waals surface area (Å²) in [5.74, 6) is -7.53. The number of ether oxygens (including phenoxy) is 14. The van der Waals surface area contributed by atoms with Gasteiger partial charge < -0.3 is 66.3 Å². The van der Waals surface area contributed by atoms with Gasteiger partial charge in [0, 0.05) is 22.7 Å². The third kappa shape index (κ3) is 44.4. The molecule has 0 aliphatic carbocycles. The number of carbonyl (C=O) groups is 14. The van der Waals surface area contributed by atoms with Crippen LogP contribution < -0.4 is 30.7 Å². The first kappa shape index (κ1) is 109. The number of esters is 10. The Bertz CT molecular complexity index is 4490. The quantitative estimate of drug-likeness (QED) is 0.0119. The van der Waals surface area contributed by atoms with Crippen molar-refractivity contribution in [1.29, 1.82) is 0 Å². The Labute approximate surface area is 794 Å². The van der Waals surface area contributed by atoms with Crippen molar-refractivity contribution < 1.29 is 133 Å². The molecule has 0 radical (unpaired) electrons. The van der Waals surface area contributed by atoms with Gasteiger partial charge in [-0.25, -0.2) is 67.1 Å². The summed E-state index contributed by atoms with van der Waals surface area (Å²) in [7, 11) is 0. The standard InChI is InChI=1S/C104H130N4O28/c1-101(2,3)133-97(119)105-81-49-41-71(42-50-81)87(109)123-57-29-21-13-17-25-33-61-127-91(113)77-65-78(92(114)128-62-34-26-18-14-22-30-58-124-88(110)72-43-51-82(52-44-72)106-98(120)134-102(4,5)6)68-85(67-77)131-95(117)75-37-39-76(40-38-75)96(118)132-86-69-79(93(115)129-63-35-27-19-15-23-31-59-125-89(111)73-45-53-83(54-46-73)107-99(121)135-103(7,8)9)66-80(70-86)94(116)130-64-36-28-20-16-24-32-60-126-90(112)74-47-55-84(56-48-74)108-100(122)136-104(10,11)12/h37-56,65-70H,13-36,57-64H2,1-12H3,(H,105,119)(H,106,120)(H,107,121)(H,108,122). The van der Waals surface area contributed by atoms with Gasteiger partial charge in [0.1, 0.15) is 33.9 Å². The van der Waals surface area contributed by atoms with Gasteiger partial charge in [-0.3, -0.25) is 21.3 Å². The molecule has 0 atom stereocenters. The van der Waals surface area contributed by atoms with E-state index in [-0.39, 0.29) is 97.7 Å². The van der Waals surface area contributed by atoms with E-state index in [4.69, 9.17) is 66.3 Å². The number of hydrogen-bond acceptors (Lipinski definition) is 28. The fraction of sp³-hybridized carbons (Fsp3) is 0.462. The third-order valence-corrected chi connectivity index (χ3v) is 19.6. The van der Waals surface area contributed by atoms with Crippen LogP contribution in [0.4, 0.5) is 41.9 Å². The number of anilines is 4. The Morgan fingerprint density at radius 3 is 0.485 bits per heavy atom. The topological polar surface area (TPSA) is 416 Å². The zero-order valence-corrected chi connectivity index (χ0v) is 80.1. The molecule has 0 spiro atoms. The highest BCUT2D eigenvalue weighted by molar-refractivity contribution is 6.01. The molecule has 7 aromatic rings. The van der Waals surface area contributed by atoms with E-state index in [2.05, 4.69) is 21.3 Å². The van der Waals surface area contributed by atoms with Crippen LogP contribution in [0.2, 0.25) is 0 Å². The molecule has 0 bridgehead atoms. The summed E-state index contributed by atoms with van der Waals surface area (Å²) in [6, 6.07) is 37.7. The average molecular weight is 1880 g/mol. The lowest BCUT2D eigenvalue weighted by atomic mass is 10.1. The van der Waals surface area contributed by atoms with E-state index >= 15 is 0 Å². The van der Waals surface area contributed by atoms with Crippen molar-refractivity contribution in [2.45, 2.75) is 260 Å². The smallest absolute Gasteiger partial charge is 0.412 e. The van der Waals surface area contributed by atoms with Crippen molar-refractivity contribution in [1.82, 2.24) is 0 Å². The first-order chi connectivity index (χ1) is 64.7. The molecule has 0 unspecified atom stereocenters. The number of nitrogens with one attached hydrogen (secondary N) is 4. The van der Waals surface area contributed by atoms with Crippen molar-refractivity contribution >= 4 is 107 Å². The van der Waals surface area contributed by atoms with Crippen LogP contribution in [-0.4, -0.2) is 159 Å². The van der Waals surface area contributed by atoms with E-state index in [0.717, 1.165) is 77.0 Å². The summed E-state index contributed by atoms with van der Waals surface area (Å²) in [4.78, 5) is 182. The zero-order valence-electron chi connectivity index (χ0n) is 80.1. The minimum absolute atomic E-state index is 0.0221. The predicted molar refractivity (Wildman–Crippen MR) is 508 cm³/mol. The molecule has 0 saturated heterocycles. The van der Waals surface area contributed by atoms with Gasteiger partial charge in [0.2, 0.25) is 0 Å². The highest BCUT2D eigenvalue weighted by Gasteiger charge is 2.26. The molecular formula is C104H130N4O28. The van der Waals surface area contributed by atoms with Crippen LogP contribution in [-0.2, 0) is 56.8 Å². The van der Waals surface area contributed by atoms with E-state index < -0.39 is 106 Å². The summed E-state index contributed by atoms with van der Waals surface area (Å²) in [6.07, 6.45) is 14.2. The zero-order chi connectivity index (χ0) is 99.1. The number of carbonyl (C=O) groups excluding carboxylic acids is 14. The fourth-order valence-electron chi connectivity index (χ4n) is 12.9. The van der Waals surface area contributed by atoms with E-state index in [1.165, 1.54) is 60.7 Å². The molecule has 4 N–H and O–H groups in total. The van der Waals surface area contributed by atoms with Crippen LogP contribution in [0.5, 0.6) is 11.5 Å². The monoisotopic (exact) mass is 1880 g/mol. The SMILES string of the molecule is CC(C)(C)OC(=O)Nc1ccc(C(=O)OCCCCCCCCOC(=O)c2cc(OC(=O)c3ccc(C(=O)Oc4cc(C(=O)OCCCCCCCCOC(=O)c5ccc(NC(=O)OC(C)(C)C)cc5)cc(C(=O)OCCCCCCCCOC(=O)c5ccc(NC(=O)OC(C)(C)C)cc5)c4)cc3)cc(C(=O)OCCCCCCCCOC(=O)c3ccc(NC(=O)OC(C)(C)C)cc3)c2)cc1. The molecule has 0 aliphatic heterocycles. The molecule has 4 amide bonds. The maximum absolute atomic E-state index is 14.0. The Morgan fingerprint density at radius 1 is 0.184 bits per heavy atom. The number of hydrogen-bond donors (Lipinski definition) is 4. The molecule has 0 saturated carbocycles. The van der Waals surface area contributed by atoms with Crippen LogP contribution in [0.3, 0.4) is 0 Å². The Kier molecular flexibility index (Phi) is 45.4. The van der Waals surface area contributed by atoms with E-state index in [9.17, 15) is 67.1 Å². The Morgan fingerprint density at radius 2 is 0.324 bits per heavy atom. The maximum Gasteiger partial charge on any atom is 0.412 e. The summed E-state index contributed by atoms with van der Waals surface area (Å²) in [5, 5.41) is 10.5. The molecule has 0 heterocycles. The van der Waals surface area contributed by atoms with Gasteiger partial charge in [-0.05, 0) is 292 Å². The molecule has 32 heteroatoms. The molecule has 7 rings (SSSR count). The van der Waals surface area contributed by atoms with Crippen molar-refractivity contribution in [3.05, 3.63) is 213 Å². The second-order valence-electron chi connectivity index (χ2n) is 36.2. The van der Waals surface area contributed by atoms with Gasteiger partial charge >= 0.3 is 84.1 Å². The Hall–Kier alpha value is -13.7. The molecule has 734 valence electrons. The molecule has 0 aliphatic rings. The van der Waals surface area contributed by atoms with Crippen molar-refractivity contribution in [2.24, 2.45) is 0 Å². The highest BCUT2D eigenvalue weighted by atomic mass is 16.6. The molecule has 136 heavy (non-hydrogen) atoms. The number of benzene rings is 7. The van der Waals surface area contributed by atoms with Gasteiger partial charge in [-0.1, -0.05) is 103 Å². The summed E-state index contributed by atoms with van der Waals surface area (Å²) in [5.41, 5.74) is -0.142. The van der Waals surface area contributed by atoms with E-state index in [0.29, 0.717) is 122 Å². The highest BCUT2D eigenvalue weighted by Crippen LogP contribution is 2.28. The number of amides is 4. The normalized spacial score (nSPS) is 11.3. The number of unbranched alkanes of at least 4 members (excludes halogenated alkanes) is 20. The van der Waals surface area contributed by atoms with Crippen LogP contribution in [0.15, 0.2) is 158 Å². The average Bonchev–Trinajstić information content (AvgIpc) is 0.823. The number of rotatable bonds is 52. The van der Waals surface area contributed by atoms with Crippen molar-refractivity contribution in [3.8, 4) is 11.5 Å². The Balaban J connectivity index is 0.912. The first-order valence-corrected chi connectivity index (χ1v) is 46.3. The van der Waals surface area contributed by atoms with Crippen LogP contribution in [0, 0.1) is 0 Å². The van der Waals surface area contributed by atoms with Gasteiger partial charge in [-0.15, -0.1) is 0 Å². The minimum Gasteiger partial charge on any atom is -0.462 e. The molecule has 32 nitrogen and oxygen atoms in total. The van der Waals surface area contributed by atoms with Gasteiger partial charge in [0.05, 0.1) is 108 Å². The lowest BCUT2D eigenvalue weighted by Gasteiger charge is -2.19. The lowest BCUT2D eigenvalue weighted by Crippen LogP contribution is -2.27. The second kappa shape index (κ2) is 56.5. The largest absolute Gasteiger partial charge is 0.462 e. The predicted octanol–water partition coefficient (Wildman–Crippen LogP) is 22.9. The van der Waals surface area contributed by atoms with Crippen molar-refractivity contribution in [3.63, 3.8) is 0 Å². The van der Waals surface area contributed by atoms with Crippen LogP contribution in [0.25, 0.3) is 0 Å². The third-order valence-electron chi connectivity index (χ3n) is 19.6. The molecule has 7 aromatic carbocycles. The van der Waals surface area contributed by atoms with Crippen molar-refractivity contribution in [2.75, 3.05) is 74.1 Å². The van der Waals surface area contributed by atoms with Gasteiger partial charge in [0.15, 0.2) is 0 Å². The molecular weight excluding hydrogens is 1750 g/mol.